The fourth-order valence-electron chi connectivity index (χ4n) is 3.35. The Balaban J connectivity index is 1.68. The second kappa shape index (κ2) is 9.01. The molecule has 0 N–H and O–H groups in total. The van der Waals surface area contributed by atoms with Crippen LogP contribution in [0.15, 0.2) is 64.3 Å². The summed E-state index contributed by atoms with van der Waals surface area (Å²) in [6.45, 7) is 2.24. The van der Waals surface area contributed by atoms with E-state index in [-0.39, 0.29) is 30.0 Å². The Hall–Kier alpha value is -4.01. The minimum absolute atomic E-state index is 0.0330. The third kappa shape index (κ3) is 4.09. The van der Waals surface area contributed by atoms with E-state index in [0.717, 1.165) is 10.1 Å². The van der Waals surface area contributed by atoms with E-state index in [0.29, 0.717) is 23.9 Å². The van der Waals surface area contributed by atoms with Crippen LogP contribution in [0.2, 0.25) is 0 Å². The second-order valence-electron chi connectivity index (χ2n) is 6.95. The van der Waals surface area contributed by atoms with Crippen LogP contribution in [0.5, 0.6) is 11.5 Å². The summed E-state index contributed by atoms with van der Waals surface area (Å²) in [4.78, 5) is 34.8. The normalized spacial score (nSPS) is 11.0. The van der Waals surface area contributed by atoms with Crippen molar-refractivity contribution in [1.29, 1.82) is 0 Å². The molecule has 2 aromatic heterocycles. The minimum Gasteiger partial charge on any atom is -0.497 e. The first-order valence-electron chi connectivity index (χ1n) is 10.0. The average molecular weight is 436 g/mol. The largest absolute Gasteiger partial charge is 0.497 e. The smallest absolute Gasteiger partial charge is 0.332 e. The third-order valence-electron chi connectivity index (χ3n) is 5.02. The molecule has 164 valence electrons. The lowest BCUT2D eigenvalue weighted by atomic mass is 10.2. The van der Waals surface area contributed by atoms with Crippen molar-refractivity contribution in [2.45, 2.75) is 20.0 Å². The quantitative estimate of drug-likeness (QED) is 0.443. The number of aryl methyl sites for hydroxylation is 1. The number of halogens is 1. The predicted octanol–water partition coefficient (Wildman–Crippen LogP) is 2.87. The van der Waals surface area contributed by atoms with Gasteiger partial charge in [-0.2, -0.15) is 0 Å². The Morgan fingerprint density at radius 2 is 1.66 bits per heavy atom. The molecule has 0 fully saturated rings. The van der Waals surface area contributed by atoms with Crippen LogP contribution in [0.4, 0.5) is 4.39 Å². The Morgan fingerprint density at radius 3 is 2.31 bits per heavy atom. The summed E-state index contributed by atoms with van der Waals surface area (Å²) in [5.41, 5.74) is 0.0458. The van der Waals surface area contributed by atoms with Gasteiger partial charge < -0.3 is 9.47 Å². The van der Waals surface area contributed by atoms with Crippen LogP contribution < -0.4 is 20.7 Å². The Morgan fingerprint density at radius 1 is 0.969 bits per heavy atom. The first-order valence-corrected chi connectivity index (χ1v) is 10.0. The van der Waals surface area contributed by atoms with Crippen LogP contribution in [-0.2, 0) is 13.1 Å². The number of rotatable bonds is 7. The molecule has 0 saturated carbocycles. The molecule has 32 heavy (non-hydrogen) atoms. The maximum Gasteiger partial charge on any atom is 0.332 e. The van der Waals surface area contributed by atoms with Crippen molar-refractivity contribution in [2.24, 2.45) is 0 Å². The molecule has 0 amide bonds. The summed E-state index contributed by atoms with van der Waals surface area (Å²) >= 11 is 0. The molecular formula is C23H21FN4O4. The fourth-order valence-corrected chi connectivity index (χ4v) is 3.35. The van der Waals surface area contributed by atoms with Gasteiger partial charge in [0, 0.05) is 18.3 Å². The zero-order chi connectivity index (χ0) is 22.7. The highest BCUT2D eigenvalue weighted by molar-refractivity contribution is 5.75. The lowest BCUT2D eigenvalue weighted by Crippen LogP contribution is -2.41. The van der Waals surface area contributed by atoms with Crippen LogP contribution in [0.1, 0.15) is 6.92 Å². The van der Waals surface area contributed by atoms with E-state index in [4.69, 9.17) is 9.47 Å². The van der Waals surface area contributed by atoms with Gasteiger partial charge in [0.05, 0.1) is 13.7 Å². The molecule has 2 aromatic carbocycles. The van der Waals surface area contributed by atoms with Crippen molar-refractivity contribution < 1.29 is 13.9 Å². The highest BCUT2D eigenvalue weighted by Crippen LogP contribution is 2.20. The maximum absolute atomic E-state index is 13.0. The molecular weight excluding hydrogens is 415 g/mol. The number of methoxy groups -OCH3 is 1. The van der Waals surface area contributed by atoms with Gasteiger partial charge >= 0.3 is 5.69 Å². The molecule has 0 unspecified atom stereocenters. The van der Waals surface area contributed by atoms with Gasteiger partial charge in [0.25, 0.3) is 5.56 Å². The van der Waals surface area contributed by atoms with Gasteiger partial charge in [0.1, 0.15) is 29.3 Å². The third-order valence-corrected chi connectivity index (χ3v) is 5.02. The van der Waals surface area contributed by atoms with E-state index in [2.05, 4.69) is 9.97 Å². The Labute approximate surface area is 182 Å². The van der Waals surface area contributed by atoms with Gasteiger partial charge in [-0.3, -0.25) is 13.9 Å². The lowest BCUT2D eigenvalue weighted by Gasteiger charge is -2.13. The number of hydrogen-bond acceptors (Lipinski definition) is 6. The molecule has 0 atom stereocenters. The van der Waals surface area contributed by atoms with E-state index in [1.807, 2.05) is 12.1 Å². The molecule has 8 nitrogen and oxygen atoms in total. The number of benzene rings is 2. The molecule has 4 rings (SSSR count). The highest BCUT2D eigenvalue weighted by Gasteiger charge is 2.15. The van der Waals surface area contributed by atoms with Gasteiger partial charge in [-0.05, 0) is 55.5 Å². The summed E-state index contributed by atoms with van der Waals surface area (Å²) < 4.78 is 26.3. The number of ether oxygens (including phenoxy) is 2. The monoisotopic (exact) mass is 436 g/mol. The van der Waals surface area contributed by atoms with Crippen LogP contribution in [-0.4, -0.2) is 32.8 Å². The molecule has 0 radical (unpaired) electrons. The van der Waals surface area contributed by atoms with E-state index >= 15 is 0 Å². The van der Waals surface area contributed by atoms with Crippen molar-refractivity contribution in [1.82, 2.24) is 19.1 Å². The van der Waals surface area contributed by atoms with Gasteiger partial charge in [-0.25, -0.2) is 19.2 Å². The van der Waals surface area contributed by atoms with E-state index in [9.17, 15) is 14.0 Å². The average Bonchev–Trinajstić information content (AvgIpc) is 2.82. The van der Waals surface area contributed by atoms with Gasteiger partial charge in [-0.15, -0.1) is 0 Å². The zero-order valence-electron chi connectivity index (χ0n) is 17.6. The van der Waals surface area contributed by atoms with E-state index in [1.165, 1.54) is 35.0 Å². The van der Waals surface area contributed by atoms with Gasteiger partial charge in [0.2, 0.25) is 0 Å². The van der Waals surface area contributed by atoms with E-state index < -0.39 is 11.2 Å². The lowest BCUT2D eigenvalue weighted by molar-refractivity contribution is 0.292. The van der Waals surface area contributed by atoms with Crippen molar-refractivity contribution in [3.63, 3.8) is 0 Å². The molecule has 2 heterocycles. The molecule has 0 aliphatic rings. The summed E-state index contributed by atoms with van der Waals surface area (Å²) in [5.74, 6) is 1.18. The van der Waals surface area contributed by atoms with Gasteiger partial charge in [-0.1, -0.05) is 0 Å². The van der Waals surface area contributed by atoms with Crippen molar-refractivity contribution >= 4 is 11.0 Å². The molecule has 0 aliphatic carbocycles. The molecule has 0 aliphatic heterocycles. The maximum atomic E-state index is 13.0. The summed E-state index contributed by atoms with van der Waals surface area (Å²) in [6.07, 6.45) is 1.44. The molecule has 9 heteroatoms. The van der Waals surface area contributed by atoms with Crippen molar-refractivity contribution in [2.75, 3.05) is 13.7 Å². The van der Waals surface area contributed by atoms with Crippen LogP contribution >= 0.6 is 0 Å². The van der Waals surface area contributed by atoms with Crippen LogP contribution in [0, 0.1) is 5.82 Å². The SMILES string of the molecule is CCn1c(=O)n(CCOc2ccc(F)cc2)c(=O)c2cnc(-c3ccc(OC)cc3)nc21. The van der Waals surface area contributed by atoms with E-state index in [1.54, 1.807) is 26.2 Å². The molecule has 0 spiro atoms. The topological polar surface area (TPSA) is 88.2 Å². The van der Waals surface area contributed by atoms with Crippen LogP contribution in [0.3, 0.4) is 0 Å². The summed E-state index contributed by atoms with van der Waals surface area (Å²) in [6, 6.07) is 12.7. The van der Waals surface area contributed by atoms with Crippen molar-refractivity contribution in [3.05, 3.63) is 81.4 Å². The Kier molecular flexibility index (Phi) is 5.98. The van der Waals surface area contributed by atoms with Crippen molar-refractivity contribution in [3.8, 4) is 22.9 Å². The number of hydrogen-bond donors (Lipinski definition) is 0. The standard InChI is InChI=1S/C23H21FN4O4/c1-3-27-21-19(14-25-20(26-21)15-4-8-17(31-2)9-5-15)22(29)28(23(27)30)12-13-32-18-10-6-16(24)7-11-18/h4-11,14H,3,12-13H2,1-2H3. The molecule has 4 aromatic rings. The first-order chi connectivity index (χ1) is 15.5. The number of nitrogens with zero attached hydrogens (tertiary/aromatic N) is 4. The second-order valence-corrected chi connectivity index (χ2v) is 6.95. The van der Waals surface area contributed by atoms with Gasteiger partial charge in [0.15, 0.2) is 11.5 Å². The predicted molar refractivity (Wildman–Crippen MR) is 118 cm³/mol. The first kappa shape index (κ1) is 21.2. The molecule has 0 saturated heterocycles. The van der Waals surface area contributed by atoms with Crippen LogP contribution in [0.25, 0.3) is 22.4 Å². The zero-order valence-corrected chi connectivity index (χ0v) is 17.6. The molecule has 0 bridgehead atoms. The summed E-state index contributed by atoms with van der Waals surface area (Å²) in [7, 11) is 1.58. The number of aromatic nitrogens is 4. The number of fused-ring (bicyclic) bond motifs is 1. The Bertz CT molecular complexity index is 1360. The minimum atomic E-state index is -0.487. The summed E-state index contributed by atoms with van der Waals surface area (Å²) in [5, 5.41) is 0.241. The highest BCUT2D eigenvalue weighted by atomic mass is 19.1. The fraction of sp³-hybridized carbons (Fsp3) is 0.217.